The number of nitrogens with one attached hydrogen (secondary N) is 2. The second-order valence-electron chi connectivity index (χ2n) is 8.94. The summed E-state index contributed by atoms with van der Waals surface area (Å²) in [4.78, 5) is 29.3. The Hall–Kier alpha value is -3.69. The van der Waals surface area contributed by atoms with Gasteiger partial charge in [-0.3, -0.25) is 4.79 Å². The SMILES string of the molecule is COC(=O)c1ccc(Cn2cc(CCNC[C@H](O)c3ccccc3)nc2CC(=O)Nc2ccccc2)cc1.Cl.Cl. The summed E-state index contributed by atoms with van der Waals surface area (Å²) >= 11 is 0. The van der Waals surface area contributed by atoms with Crippen molar-refractivity contribution in [2.24, 2.45) is 0 Å². The number of aliphatic hydroxyl groups excluding tert-OH is 1. The molecule has 1 heterocycles. The third kappa shape index (κ3) is 9.50. The van der Waals surface area contributed by atoms with Crippen molar-refractivity contribution in [3.05, 3.63) is 119 Å². The minimum atomic E-state index is -0.584. The number of hydrogen-bond donors (Lipinski definition) is 3. The van der Waals surface area contributed by atoms with E-state index < -0.39 is 6.10 Å². The number of esters is 1. The summed E-state index contributed by atoms with van der Waals surface area (Å²) in [6.45, 7) is 1.57. The summed E-state index contributed by atoms with van der Waals surface area (Å²) in [5.74, 6) is 0.110. The van der Waals surface area contributed by atoms with E-state index in [1.807, 2.05) is 83.6 Å². The van der Waals surface area contributed by atoms with Gasteiger partial charge >= 0.3 is 5.97 Å². The molecule has 0 saturated carbocycles. The number of imidazole rings is 1. The van der Waals surface area contributed by atoms with E-state index in [0.29, 0.717) is 37.4 Å². The molecule has 1 atom stereocenters. The lowest BCUT2D eigenvalue weighted by Gasteiger charge is -2.11. The smallest absolute Gasteiger partial charge is 0.337 e. The van der Waals surface area contributed by atoms with Crippen molar-refractivity contribution >= 4 is 42.4 Å². The number of amides is 1. The molecule has 0 spiro atoms. The highest BCUT2D eigenvalue weighted by molar-refractivity contribution is 5.91. The van der Waals surface area contributed by atoms with Gasteiger partial charge in [-0.2, -0.15) is 0 Å². The van der Waals surface area contributed by atoms with Crippen LogP contribution in [-0.2, 0) is 28.9 Å². The minimum Gasteiger partial charge on any atom is -0.465 e. The first-order chi connectivity index (χ1) is 18.5. The van der Waals surface area contributed by atoms with Crippen molar-refractivity contribution in [2.75, 3.05) is 25.5 Å². The Morgan fingerprint density at radius 2 is 1.60 bits per heavy atom. The monoisotopic (exact) mass is 584 g/mol. The zero-order valence-electron chi connectivity index (χ0n) is 22.2. The lowest BCUT2D eigenvalue weighted by atomic mass is 10.1. The van der Waals surface area contributed by atoms with Gasteiger partial charge in [-0.25, -0.2) is 9.78 Å². The van der Waals surface area contributed by atoms with Gasteiger partial charge in [0.1, 0.15) is 5.82 Å². The second kappa shape index (κ2) is 16.4. The third-order valence-electron chi connectivity index (χ3n) is 6.09. The van der Waals surface area contributed by atoms with E-state index >= 15 is 0 Å². The van der Waals surface area contributed by atoms with E-state index in [9.17, 15) is 14.7 Å². The maximum absolute atomic E-state index is 12.8. The predicted octanol–water partition coefficient (Wildman–Crippen LogP) is 4.61. The molecule has 1 aromatic heterocycles. The molecule has 0 aliphatic carbocycles. The van der Waals surface area contributed by atoms with Crippen LogP contribution in [-0.4, -0.2) is 46.7 Å². The van der Waals surface area contributed by atoms with Crippen LogP contribution in [0.3, 0.4) is 0 Å². The van der Waals surface area contributed by atoms with Crippen molar-refractivity contribution in [3.63, 3.8) is 0 Å². The standard InChI is InChI=1S/C30H32N4O4.2ClH/c1-38-30(37)24-14-12-22(13-15-24)20-34-21-26(16-17-31-19-27(35)23-8-4-2-5-9-23)32-28(34)18-29(36)33-25-10-6-3-7-11-25;;/h2-15,21,27,31,35H,16-20H2,1H3,(H,33,36);2*1H/t27-;;/m0../s1. The number of nitrogens with zero attached hydrogens (tertiary/aromatic N) is 2. The van der Waals surface area contributed by atoms with E-state index in [-0.39, 0.29) is 43.1 Å². The van der Waals surface area contributed by atoms with Crippen LogP contribution >= 0.6 is 24.8 Å². The Balaban J connectivity index is 0.00000280. The molecule has 10 heteroatoms. The predicted molar refractivity (Wildman–Crippen MR) is 160 cm³/mol. The van der Waals surface area contributed by atoms with Crippen molar-refractivity contribution in [1.29, 1.82) is 0 Å². The zero-order valence-corrected chi connectivity index (χ0v) is 23.8. The normalized spacial score (nSPS) is 11.1. The highest BCUT2D eigenvalue weighted by Gasteiger charge is 2.14. The Labute approximate surface area is 246 Å². The quantitative estimate of drug-likeness (QED) is 0.166. The van der Waals surface area contributed by atoms with Gasteiger partial charge in [0.05, 0.1) is 30.9 Å². The van der Waals surface area contributed by atoms with Gasteiger partial charge in [0.2, 0.25) is 5.91 Å². The average Bonchev–Trinajstić information content (AvgIpc) is 3.32. The first-order valence-electron chi connectivity index (χ1n) is 12.5. The number of ether oxygens (including phenoxy) is 1. The van der Waals surface area contributed by atoms with Crippen LogP contribution < -0.4 is 10.6 Å². The molecule has 212 valence electrons. The first kappa shape index (κ1) is 32.5. The van der Waals surface area contributed by atoms with Crippen LogP contribution in [0.5, 0.6) is 0 Å². The van der Waals surface area contributed by atoms with Crippen LogP contribution in [0.4, 0.5) is 5.69 Å². The molecule has 0 aliphatic rings. The van der Waals surface area contributed by atoms with Crippen molar-refractivity contribution < 1.29 is 19.4 Å². The van der Waals surface area contributed by atoms with Crippen molar-refractivity contribution in [2.45, 2.75) is 25.5 Å². The summed E-state index contributed by atoms with van der Waals surface area (Å²) < 4.78 is 6.74. The van der Waals surface area contributed by atoms with Gasteiger partial charge in [-0.15, -0.1) is 24.8 Å². The van der Waals surface area contributed by atoms with Crippen LogP contribution in [0.15, 0.2) is 91.1 Å². The number of anilines is 1. The number of methoxy groups -OCH3 is 1. The van der Waals surface area contributed by atoms with Crippen molar-refractivity contribution in [3.8, 4) is 0 Å². The number of aromatic nitrogens is 2. The van der Waals surface area contributed by atoms with Crippen molar-refractivity contribution in [1.82, 2.24) is 14.9 Å². The van der Waals surface area contributed by atoms with Gasteiger partial charge in [0.15, 0.2) is 0 Å². The molecule has 0 saturated heterocycles. The first-order valence-corrected chi connectivity index (χ1v) is 12.5. The fourth-order valence-corrected chi connectivity index (χ4v) is 4.09. The summed E-state index contributed by atoms with van der Waals surface area (Å²) in [6, 6.07) is 26.0. The molecule has 40 heavy (non-hydrogen) atoms. The van der Waals surface area contributed by atoms with Crippen LogP contribution in [0.1, 0.15) is 39.1 Å². The molecular weight excluding hydrogens is 551 g/mol. The fourth-order valence-electron chi connectivity index (χ4n) is 4.09. The Kier molecular flexibility index (Phi) is 13.4. The summed E-state index contributed by atoms with van der Waals surface area (Å²) in [6.07, 6.45) is 2.13. The number of benzene rings is 3. The molecule has 0 unspecified atom stereocenters. The molecule has 8 nitrogen and oxygen atoms in total. The van der Waals surface area contributed by atoms with Gasteiger partial charge < -0.3 is 25.0 Å². The molecule has 0 aliphatic heterocycles. The fraction of sp³-hybridized carbons (Fsp3) is 0.233. The number of hydrogen-bond acceptors (Lipinski definition) is 6. The van der Waals surface area contributed by atoms with Gasteiger partial charge in [-0.05, 0) is 35.4 Å². The number of aliphatic hydroxyl groups is 1. The molecule has 0 radical (unpaired) electrons. The van der Waals surface area contributed by atoms with Crippen LogP contribution in [0.25, 0.3) is 0 Å². The molecule has 0 fully saturated rings. The maximum Gasteiger partial charge on any atom is 0.337 e. The molecule has 4 aromatic rings. The summed E-state index contributed by atoms with van der Waals surface area (Å²) in [7, 11) is 1.35. The van der Waals surface area contributed by atoms with Gasteiger partial charge in [0, 0.05) is 37.9 Å². The van der Waals surface area contributed by atoms with Gasteiger partial charge in [-0.1, -0.05) is 60.7 Å². The van der Waals surface area contributed by atoms with E-state index in [2.05, 4.69) is 10.6 Å². The molecule has 0 bridgehead atoms. The summed E-state index contributed by atoms with van der Waals surface area (Å²) in [5, 5.41) is 16.6. The van der Waals surface area contributed by atoms with E-state index in [1.54, 1.807) is 12.1 Å². The molecular formula is C30H34Cl2N4O4. The van der Waals surface area contributed by atoms with E-state index in [1.165, 1.54) is 7.11 Å². The minimum absolute atomic E-state index is 0. The Morgan fingerprint density at radius 1 is 0.950 bits per heavy atom. The average molecular weight is 586 g/mol. The number of para-hydroxylation sites is 1. The highest BCUT2D eigenvalue weighted by Crippen LogP contribution is 2.14. The summed E-state index contributed by atoms with van der Waals surface area (Å²) in [5.41, 5.74) is 3.90. The van der Waals surface area contributed by atoms with Crippen LogP contribution in [0, 0.1) is 0 Å². The number of rotatable bonds is 12. The van der Waals surface area contributed by atoms with E-state index in [4.69, 9.17) is 9.72 Å². The van der Waals surface area contributed by atoms with E-state index in [0.717, 1.165) is 22.5 Å². The second-order valence-corrected chi connectivity index (χ2v) is 8.94. The number of carbonyl (C=O) groups excluding carboxylic acids is 2. The molecule has 1 amide bonds. The number of halogens is 2. The topological polar surface area (TPSA) is 105 Å². The molecule has 4 rings (SSSR count). The largest absolute Gasteiger partial charge is 0.465 e. The lowest BCUT2D eigenvalue weighted by Crippen LogP contribution is -2.23. The van der Waals surface area contributed by atoms with Crippen LogP contribution in [0.2, 0.25) is 0 Å². The third-order valence-corrected chi connectivity index (χ3v) is 6.09. The Morgan fingerprint density at radius 3 is 2.25 bits per heavy atom. The zero-order chi connectivity index (χ0) is 26.7. The van der Waals surface area contributed by atoms with Gasteiger partial charge in [0.25, 0.3) is 0 Å². The Bertz CT molecular complexity index is 1330. The lowest BCUT2D eigenvalue weighted by molar-refractivity contribution is -0.115. The highest BCUT2D eigenvalue weighted by atomic mass is 35.5. The maximum atomic E-state index is 12.8. The molecule has 3 N–H and O–H groups in total. The molecule has 3 aromatic carbocycles. The number of carbonyl (C=O) groups is 2.